The Labute approximate surface area is 150 Å². The van der Waals surface area contributed by atoms with E-state index in [1.165, 1.54) is 49.8 Å². The maximum atomic E-state index is 10.7. The summed E-state index contributed by atoms with van der Waals surface area (Å²) in [5.41, 5.74) is 4.16. The number of rotatable bonds is 1. The number of hydrogen-bond donors (Lipinski definition) is 2. The van der Waals surface area contributed by atoms with Gasteiger partial charge in [0.1, 0.15) is 0 Å². The van der Waals surface area contributed by atoms with Gasteiger partial charge < -0.3 is 5.32 Å². The molecule has 1 heterocycles. The minimum Gasteiger partial charge on any atom is -0.303 e. The molecule has 1 fully saturated rings. The molecule has 0 aromatic heterocycles. The number of aryl methyl sites for hydroxylation is 1. The van der Waals surface area contributed by atoms with E-state index >= 15 is 0 Å². The lowest BCUT2D eigenvalue weighted by molar-refractivity contribution is 0.407. The lowest BCUT2D eigenvalue weighted by Crippen LogP contribution is -2.45. The Kier molecular flexibility index (Phi) is 5.57. The third-order valence-electron chi connectivity index (χ3n) is 4.96. The molecule has 0 spiro atoms. The molecule has 4 rings (SSSR count). The van der Waals surface area contributed by atoms with Crippen molar-refractivity contribution in [3.8, 4) is 0 Å². The van der Waals surface area contributed by atoms with Crippen LogP contribution in [0, 0.1) is 6.92 Å². The van der Waals surface area contributed by atoms with Crippen molar-refractivity contribution in [2.24, 2.45) is 5.14 Å². The minimum atomic E-state index is -3.52. The van der Waals surface area contributed by atoms with Gasteiger partial charge in [-0.25, -0.2) is 13.6 Å². The Morgan fingerprint density at radius 3 is 2.60 bits per heavy atom. The van der Waals surface area contributed by atoms with E-state index in [-0.39, 0.29) is 4.90 Å². The molecule has 0 saturated heterocycles. The molecule has 2 atom stereocenters. The first-order valence-electron chi connectivity index (χ1n) is 8.86. The van der Waals surface area contributed by atoms with Crippen molar-refractivity contribution in [2.75, 3.05) is 0 Å². The molecule has 134 valence electrons. The highest BCUT2D eigenvalue weighted by atomic mass is 32.2. The molecule has 1 aromatic carbocycles. The van der Waals surface area contributed by atoms with Crippen molar-refractivity contribution >= 4 is 10.0 Å². The summed E-state index contributed by atoms with van der Waals surface area (Å²) in [5, 5.41) is 8.65. The van der Waals surface area contributed by atoms with Crippen LogP contribution < -0.4 is 10.5 Å². The second-order valence-corrected chi connectivity index (χ2v) is 8.49. The van der Waals surface area contributed by atoms with Gasteiger partial charge in [0, 0.05) is 12.1 Å². The number of allylic oxidation sites excluding steroid dienone is 2. The predicted octanol–water partition coefficient (Wildman–Crippen LogP) is 3.36. The van der Waals surface area contributed by atoms with E-state index in [9.17, 15) is 8.42 Å². The average molecular weight is 359 g/mol. The van der Waals surface area contributed by atoms with E-state index in [4.69, 9.17) is 5.14 Å². The average Bonchev–Trinajstić information content (AvgIpc) is 2.60. The SMILES string of the molecule is C1=CCC2NC3CCCCC3=CC2=C1.Cc1ccc(S(N)(=O)=O)cc1. The first kappa shape index (κ1) is 18.1. The summed E-state index contributed by atoms with van der Waals surface area (Å²) >= 11 is 0. The Hall–Kier alpha value is -1.69. The Morgan fingerprint density at radius 1 is 1.12 bits per heavy atom. The summed E-state index contributed by atoms with van der Waals surface area (Å²) in [4.78, 5) is 0.156. The van der Waals surface area contributed by atoms with Crippen LogP contribution in [0.3, 0.4) is 0 Å². The van der Waals surface area contributed by atoms with E-state index in [2.05, 4.69) is 29.6 Å². The highest BCUT2D eigenvalue weighted by Gasteiger charge is 2.27. The Bertz CT molecular complexity index is 805. The fourth-order valence-electron chi connectivity index (χ4n) is 3.54. The van der Waals surface area contributed by atoms with E-state index in [0.29, 0.717) is 12.1 Å². The lowest BCUT2D eigenvalue weighted by Gasteiger charge is -2.36. The fraction of sp³-hybridized carbons (Fsp3) is 0.400. The van der Waals surface area contributed by atoms with Gasteiger partial charge in [-0.1, -0.05) is 54.0 Å². The number of nitrogens with one attached hydrogen (secondary N) is 1. The lowest BCUT2D eigenvalue weighted by atomic mass is 9.82. The first-order valence-corrected chi connectivity index (χ1v) is 10.4. The van der Waals surface area contributed by atoms with Gasteiger partial charge in [0.05, 0.1) is 4.90 Å². The number of sulfonamides is 1. The molecule has 25 heavy (non-hydrogen) atoms. The van der Waals surface area contributed by atoms with Gasteiger partial charge in [0.25, 0.3) is 0 Å². The quantitative estimate of drug-likeness (QED) is 0.808. The summed E-state index contributed by atoms with van der Waals surface area (Å²) in [6.07, 6.45) is 15.8. The number of hydrogen-bond acceptors (Lipinski definition) is 3. The van der Waals surface area contributed by atoms with Gasteiger partial charge in [-0.3, -0.25) is 0 Å². The minimum absolute atomic E-state index is 0.156. The molecular formula is C20H26N2O2S. The van der Waals surface area contributed by atoms with Crippen LogP contribution in [0.1, 0.15) is 37.7 Å². The Balaban J connectivity index is 0.000000151. The van der Waals surface area contributed by atoms with Crippen LogP contribution in [0.4, 0.5) is 0 Å². The van der Waals surface area contributed by atoms with Crippen molar-refractivity contribution in [3.63, 3.8) is 0 Å². The van der Waals surface area contributed by atoms with Crippen LogP contribution in [-0.2, 0) is 10.0 Å². The van der Waals surface area contributed by atoms with Gasteiger partial charge in [-0.05, 0) is 50.3 Å². The zero-order valence-electron chi connectivity index (χ0n) is 14.6. The summed E-state index contributed by atoms with van der Waals surface area (Å²) in [6.45, 7) is 1.88. The molecular weight excluding hydrogens is 332 g/mol. The highest BCUT2D eigenvalue weighted by molar-refractivity contribution is 7.89. The summed E-state index contributed by atoms with van der Waals surface area (Å²) < 4.78 is 21.4. The molecule has 3 N–H and O–H groups in total. The summed E-state index contributed by atoms with van der Waals surface area (Å²) in [7, 11) is -3.52. The topological polar surface area (TPSA) is 72.2 Å². The summed E-state index contributed by atoms with van der Waals surface area (Å²) in [6, 6.07) is 7.69. The Morgan fingerprint density at radius 2 is 1.88 bits per heavy atom. The zero-order valence-corrected chi connectivity index (χ0v) is 15.4. The fourth-order valence-corrected chi connectivity index (χ4v) is 4.06. The smallest absolute Gasteiger partial charge is 0.238 e. The number of benzene rings is 1. The molecule has 3 aliphatic rings. The van der Waals surface area contributed by atoms with Crippen LogP contribution >= 0.6 is 0 Å². The van der Waals surface area contributed by atoms with Crippen LogP contribution in [0.15, 0.2) is 64.6 Å². The zero-order chi connectivity index (χ0) is 17.9. The van der Waals surface area contributed by atoms with Crippen molar-refractivity contribution in [1.29, 1.82) is 0 Å². The van der Waals surface area contributed by atoms with Gasteiger partial charge in [0.15, 0.2) is 0 Å². The van der Waals surface area contributed by atoms with Crippen LogP contribution in [-0.4, -0.2) is 20.5 Å². The highest BCUT2D eigenvalue weighted by Crippen LogP contribution is 2.31. The van der Waals surface area contributed by atoms with Crippen LogP contribution in [0.2, 0.25) is 0 Å². The summed E-state index contributed by atoms with van der Waals surface area (Å²) in [5.74, 6) is 0. The standard InChI is InChI=1S/C13H17N.C7H9NO2S/c1-3-7-12-10(5-1)9-11-6-2-4-8-13(11)14-12;1-6-2-4-7(5-3-6)11(8,9)10/h1,3,5,9,12-14H,2,4,6-8H2;2-5H,1H3,(H2,8,9,10). The largest absolute Gasteiger partial charge is 0.303 e. The third-order valence-corrected chi connectivity index (χ3v) is 5.89. The van der Waals surface area contributed by atoms with Crippen molar-refractivity contribution in [3.05, 3.63) is 65.3 Å². The van der Waals surface area contributed by atoms with Gasteiger partial charge >= 0.3 is 0 Å². The molecule has 1 aromatic rings. The number of primary sulfonamides is 1. The second-order valence-electron chi connectivity index (χ2n) is 6.93. The van der Waals surface area contributed by atoms with E-state index < -0.39 is 10.0 Å². The molecule has 1 saturated carbocycles. The van der Waals surface area contributed by atoms with E-state index in [1.807, 2.05) is 6.92 Å². The predicted molar refractivity (Wildman–Crippen MR) is 102 cm³/mol. The maximum Gasteiger partial charge on any atom is 0.238 e. The van der Waals surface area contributed by atoms with Crippen LogP contribution in [0.5, 0.6) is 0 Å². The molecule has 4 nitrogen and oxygen atoms in total. The van der Waals surface area contributed by atoms with Crippen molar-refractivity contribution in [1.82, 2.24) is 5.32 Å². The van der Waals surface area contributed by atoms with Crippen LogP contribution in [0.25, 0.3) is 0 Å². The molecule has 5 heteroatoms. The maximum absolute atomic E-state index is 10.7. The number of nitrogens with two attached hydrogens (primary N) is 1. The van der Waals surface area contributed by atoms with Crippen molar-refractivity contribution < 1.29 is 8.42 Å². The monoisotopic (exact) mass is 358 g/mol. The normalized spacial score (nSPS) is 24.9. The number of fused-ring (bicyclic) bond motifs is 2. The van der Waals surface area contributed by atoms with Crippen molar-refractivity contribution in [2.45, 2.75) is 56.0 Å². The van der Waals surface area contributed by atoms with Gasteiger partial charge in [-0.2, -0.15) is 0 Å². The molecule has 2 aliphatic carbocycles. The molecule has 0 bridgehead atoms. The second kappa shape index (κ2) is 7.68. The molecule has 1 aliphatic heterocycles. The molecule has 2 unspecified atom stereocenters. The third kappa shape index (κ3) is 4.69. The van der Waals surface area contributed by atoms with Gasteiger partial charge in [-0.15, -0.1) is 0 Å². The van der Waals surface area contributed by atoms with E-state index in [1.54, 1.807) is 17.7 Å². The molecule has 0 amide bonds. The molecule has 0 radical (unpaired) electrons. The van der Waals surface area contributed by atoms with Gasteiger partial charge in [0.2, 0.25) is 10.0 Å². The van der Waals surface area contributed by atoms with E-state index in [0.717, 1.165) is 5.56 Å². The first-order chi connectivity index (χ1) is 11.9.